The summed E-state index contributed by atoms with van der Waals surface area (Å²) in [4.78, 5) is 23.6. The number of carbonyl (C=O) groups excluding carboxylic acids is 1. The average Bonchev–Trinajstić information content (AvgIpc) is 2.79. The molecule has 2 heterocycles. The van der Waals surface area contributed by atoms with Gasteiger partial charge in [-0.25, -0.2) is 0 Å². The number of nitriles is 1. The highest BCUT2D eigenvalue weighted by atomic mass is 16.1. The molecule has 0 radical (unpaired) electrons. The minimum absolute atomic E-state index is 0.0132. The molecule has 0 saturated carbocycles. The summed E-state index contributed by atoms with van der Waals surface area (Å²) in [6.07, 6.45) is 2.11. The molecular weight excluding hydrogens is 428 g/mol. The fourth-order valence-corrected chi connectivity index (χ4v) is 4.10. The van der Waals surface area contributed by atoms with E-state index in [1.807, 2.05) is 24.9 Å². The van der Waals surface area contributed by atoms with Crippen molar-refractivity contribution in [2.24, 2.45) is 5.41 Å². The second kappa shape index (κ2) is 10.7. The molecule has 1 saturated heterocycles. The molecule has 1 fully saturated rings. The monoisotopic (exact) mass is 464 g/mol. The zero-order valence-electron chi connectivity index (χ0n) is 21.0. The van der Waals surface area contributed by atoms with Gasteiger partial charge in [0.2, 0.25) is 5.95 Å². The third-order valence-electron chi connectivity index (χ3n) is 5.68. The van der Waals surface area contributed by atoms with Crippen LogP contribution < -0.4 is 26.2 Å². The summed E-state index contributed by atoms with van der Waals surface area (Å²) >= 11 is 0. The Morgan fingerprint density at radius 1 is 1.32 bits per heavy atom. The van der Waals surface area contributed by atoms with Crippen molar-refractivity contribution in [2.45, 2.75) is 46.6 Å². The Balaban J connectivity index is 2.05. The van der Waals surface area contributed by atoms with Crippen LogP contribution in [0.4, 0.5) is 23.3 Å². The number of hydrogen-bond acceptors (Lipinski definition) is 8. The molecule has 1 unspecified atom stereocenters. The highest BCUT2D eigenvalue weighted by Crippen LogP contribution is 2.31. The number of nitrogens with zero attached hydrogens (tertiary/aromatic N) is 4. The normalized spacial score (nSPS) is 15.9. The number of aromatic nitrogens is 2. The Labute approximate surface area is 202 Å². The van der Waals surface area contributed by atoms with Crippen molar-refractivity contribution in [3.63, 3.8) is 0 Å². The zero-order valence-corrected chi connectivity index (χ0v) is 21.0. The Morgan fingerprint density at radius 3 is 2.71 bits per heavy atom. The number of aryl methyl sites for hydroxylation is 1. The first-order valence-electron chi connectivity index (χ1n) is 11.7. The number of hydrogen-bond donors (Lipinski definition) is 4. The van der Waals surface area contributed by atoms with E-state index in [1.165, 1.54) is 0 Å². The van der Waals surface area contributed by atoms with Gasteiger partial charge in [-0.2, -0.15) is 15.2 Å². The molecule has 1 aliphatic rings. The van der Waals surface area contributed by atoms with Crippen LogP contribution in [0.1, 0.15) is 55.1 Å². The van der Waals surface area contributed by atoms with Crippen molar-refractivity contribution in [2.75, 3.05) is 49.3 Å². The Kier molecular flexibility index (Phi) is 7.94. The lowest BCUT2D eigenvalue weighted by Crippen LogP contribution is -2.39. The standard InChI is InChI=1S/C25H36N8O/c1-16-9-10-17(23(34)27-5)12-20(16)30-21-19(13-26)22(33(6)15-25(2,3)4)32-24(31-21)29-18-8-7-11-28-14-18/h9-10,12,18,28H,7-8,11,14-15H2,1-6H3,(H,27,34)(H2,29,30,31,32). The Hall–Kier alpha value is -3.38. The van der Waals surface area contributed by atoms with Crippen molar-refractivity contribution in [1.82, 2.24) is 20.6 Å². The smallest absolute Gasteiger partial charge is 0.251 e. The van der Waals surface area contributed by atoms with E-state index in [9.17, 15) is 10.1 Å². The van der Waals surface area contributed by atoms with Gasteiger partial charge in [-0.05, 0) is 49.4 Å². The Morgan fingerprint density at radius 2 is 2.09 bits per heavy atom. The molecule has 34 heavy (non-hydrogen) atoms. The second-order valence-corrected chi connectivity index (χ2v) is 10.0. The van der Waals surface area contributed by atoms with E-state index < -0.39 is 0 Å². The molecule has 9 heteroatoms. The van der Waals surface area contributed by atoms with E-state index in [-0.39, 0.29) is 17.4 Å². The molecule has 0 aliphatic carbocycles. The van der Waals surface area contributed by atoms with E-state index >= 15 is 0 Å². The van der Waals surface area contributed by atoms with Crippen molar-refractivity contribution >= 4 is 29.2 Å². The number of rotatable bonds is 7. The summed E-state index contributed by atoms with van der Waals surface area (Å²) in [5.41, 5.74) is 2.56. The second-order valence-electron chi connectivity index (χ2n) is 10.0. The summed E-state index contributed by atoms with van der Waals surface area (Å²) in [5.74, 6) is 1.29. The van der Waals surface area contributed by atoms with Crippen LogP contribution in [-0.4, -0.2) is 55.6 Å². The van der Waals surface area contributed by atoms with E-state index in [0.29, 0.717) is 40.9 Å². The van der Waals surface area contributed by atoms with Gasteiger partial charge in [0.15, 0.2) is 11.6 Å². The number of nitrogens with one attached hydrogen (secondary N) is 4. The predicted molar refractivity (Wildman–Crippen MR) is 137 cm³/mol. The lowest BCUT2D eigenvalue weighted by molar-refractivity contribution is 0.0963. The summed E-state index contributed by atoms with van der Waals surface area (Å²) in [6.45, 7) is 11.0. The summed E-state index contributed by atoms with van der Waals surface area (Å²) in [5, 5.41) is 22.9. The minimum atomic E-state index is -0.177. The van der Waals surface area contributed by atoms with E-state index in [1.54, 1.807) is 19.2 Å². The molecule has 1 amide bonds. The van der Waals surface area contributed by atoms with Crippen LogP contribution in [-0.2, 0) is 0 Å². The van der Waals surface area contributed by atoms with Crippen LogP contribution in [0.5, 0.6) is 0 Å². The number of anilines is 4. The Bertz CT molecular complexity index is 1060. The molecule has 0 bridgehead atoms. The van der Waals surface area contributed by atoms with Crippen LogP contribution in [0.2, 0.25) is 0 Å². The van der Waals surface area contributed by atoms with Crippen molar-refractivity contribution < 1.29 is 4.79 Å². The average molecular weight is 465 g/mol. The van der Waals surface area contributed by atoms with Crippen LogP contribution in [0.25, 0.3) is 0 Å². The summed E-state index contributed by atoms with van der Waals surface area (Å²) < 4.78 is 0. The molecule has 182 valence electrons. The van der Waals surface area contributed by atoms with Crippen LogP contribution >= 0.6 is 0 Å². The lowest BCUT2D eigenvalue weighted by Gasteiger charge is -2.29. The number of carbonyl (C=O) groups is 1. The maximum absolute atomic E-state index is 12.2. The van der Waals surface area contributed by atoms with Crippen LogP contribution in [0.15, 0.2) is 18.2 Å². The summed E-state index contributed by atoms with van der Waals surface area (Å²) in [6, 6.07) is 7.94. The maximum atomic E-state index is 12.2. The van der Waals surface area contributed by atoms with Gasteiger partial charge in [0.1, 0.15) is 11.6 Å². The molecule has 1 aliphatic heterocycles. The van der Waals surface area contributed by atoms with Gasteiger partial charge in [-0.15, -0.1) is 0 Å². The molecule has 4 N–H and O–H groups in total. The fourth-order valence-electron chi connectivity index (χ4n) is 4.10. The van der Waals surface area contributed by atoms with E-state index in [2.05, 4.69) is 48.1 Å². The van der Waals surface area contributed by atoms with Gasteiger partial charge < -0.3 is 26.2 Å². The molecule has 1 aromatic heterocycles. The first-order chi connectivity index (χ1) is 16.1. The van der Waals surface area contributed by atoms with E-state index in [0.717, 1.165) is 31.5 Å². The van der Waals surface area contributed by atoms with Gasteiger partial charge in [0, 0.05) is 44.5 Å². The summed E-state index contributed by atoms with van der Waals surface area (Å²) in [7, 11) is 3.55. The minimum Gasteiger partial charge on any atom is -0.358 e. The highest BCUT2D eigenvalue weighted by Gasteiger charge is 2.23. The van der Waals surface area contributed by atoms with Crippen LogP contribution in [0.3, 0.4) is 0 Å². The first kappa shape index (κ1) is 25.2. The molecule has 2 aromatic rings. The third kappa shape index (κ3) is 6.35. The van der Waals surface area contributed by atoms with Gasteiger partial charge in [-0.3, -0.25) is 4.79 Å². The molecule has 1 aromatic carbocycles. The molecular formula is C25H36N8O. The predicted octanol–water partition coefficient (Wildman–Crippen LogP) is 3.41. The topological polar surface area (TPSA) is 118 Å². The first-order valence-corrected chi connectivity index (χ1v) is 11.7. The largest absolute Gasteiger partial charge is 0.358 e. The number of benzene rings is 1. The van der Waals surface area contributed by atoms with Crippen molar-refractivity contribution in [3.05, 3.63) is 34.9 Å². The maximum Gasteiger partial charge on any atom is 0.251 e. The SMILES string of the molecule is CNC(=O)c1ccc(C)c(Nc2nc(NC3CCCNC3)nc(N(C)CC(C)(C)C)c2C#N)c1. The molecule has 9 nitrogen and oxygen atoms in total. The van der Waals surface area contributed by atoms with Gasteiger partial charge >= 0.3 is 0 Å². The zero-order chi connectivity index (χ0) is 24.9. The fraction of sp³-hybridized carbons (Fsp3) is 0.520. The van der Waals surface area contributed by atoms with Gasteiger partial charge in [-0.1, -0.05) is 26.8 Å². The molecule has 3 rings (SSSR count). The number of piperidine rings is 1. The van der Waals surface area contributed by atoms with Gasteiger partial charge in [0.05, 0.1) is 0 Å². The highest BCUT2D eigenvalue weighted by molar-refractivity contribution is 5.95. The molecule has 1 atom stereocenters. The van der Waals surface area contributed by atoms with Crippen molar-refractivity contribution in [3.8, 4) is 6.07 Å². The third-order valence-corrected chi connectivity index (χ3v) is 5.68. The molecule has 0 spiro atoms. The van der Waals surface area contributed by atoms with E-state index in [4.69, 9.17) is 9.97 Å². The quantitative estimate of drug-likeness (QED) is 0.492. The number of amides is 1. The lowest BCUT2D eigenvalue weighted by atomic mass is 9.96. The van der Waals surface area contributed by atoms with Crippen molar-refractivity contribution in [1.29, 1.82) is 5.26 Å². The van der Waals surface area contributed by atoms with Crippen LogP contribution in [0, 0.1) is 23.7 Å². The van der Waals surface area contributed by atoms with Gasteiger partial charge in [0.25, 0.3) is 5.91 Å².